The lowest BCUT2D eigenvalue weighted by Gasteiger charge is -2.12. The van der Waals surface area contributed by atoms with Crippen LogP contribution in [0.25, 0.3) is 0 Å². The van der Waals surface area contributed by atoms with Crippen molar-refractivity contribution >= 4 is 44.8 Å². The lowest BCUT2D eigenvalue weighted by molar-refractivity contribution is -0.118. The molecule has 0 aliphatic carbocycles. The third-order valence-electron chi connectivity index (χ3n) is 4.73. The highest BCUT2D eigenvalue weighted by Crippen LogP contribution is 2.34. The van der Waals surface area contributed by atoms with Gasteiger partial charge in [-0.1, -0.05) is 13.0 Å². The van der Waals surface area contributed by atoms with Crippen LogP contribution in [0.4, 0.5) is 11.4 Å². The number of amides is 2. The number of carbonyl (C=O) groups is 2. The average molecular weight is 449 g/mol. The third-order valence-corrected chi connectivity index (χ3v) is 7.78. The minimum atomic E-state index is -3.70. The molecule has 2 N–H and O–H groups in total. The van der Waals surface area contributed by atoms with Gasteiger partial charge in [0, 0.05) is 23.0 Å². The molecule has 2 aromatic rings. The first-order valence-corrected chi connectivity index (χ1v) is 12.1. The molecule has 0 fully saturated rings. The van der Waals surface area contributed by atoms with E-state index >= 15 is 0 Å². The van der Waals surface area contributed by atoms with Gasteiger partial charge >= 0.3 is 0 Å². The number of anilines is 2. The first-order valence-electron chi connectivity index (χ1n) is 9.44. The Hall–Kier alpha value is -2.52. The second-order valence-corrected chi connectivity index (χ2v) is 10.4. The van der Waals surface area contributed by atoms with E-state index in [2.05, 4.69) is 10.6 Å². The Morgan fingerprint density at radius 1 is 1.27 bits per heavy atom. The Morgan fingerprint density at radius 3 is 2.77 bits per heavy atom. The van der Waals surface area contributed by atoms with Crippen molar-refractivity contribution in [3.05, 3.63) is 42.0 Å². The lowest BCUT2D eigenvalue weighted by atomic mass is 10.2. The van der Waals surface area contributed by atoms with E-state index < -0.39 is 15.7 Å². The van der Waals surface area contributed by atoms with Gasteiger partial charge < -0.3 is 15.4 Å². The second-order valence-electron chi connectivity index (χ2n) is 7.18. The highest BCUT2D eigenvalue weighted by Gasteiger charge is 2.23. The van der Waals surface area contributed by atoms with Gasteiger partial charge in [0.15, 0.2) is 9.84 Å². The molecule has 0 aromatic heterocycles. The Balaban J connectivity index is 1.70. The fourth-order valence-corrected chi connectivity index (χ4v) is 5.22. The largest absolute Gasteiger partial charge is 0.495 e. The molecular formula is C21H24N2O5S2. The number of carbonyl (C=O) groups excluding carboxylic acids is 2. The van der Waals surface area contributed by atoms with Crippen LogP contribution in [0.3, 0.4) is 0 Å². The molecule has 1 heterocycles. The smallest absolute Gasteiger partial charge is 0.228 e. The first-order chi connectivity index (χ1) is 14.2. The second kappa shape index (κ2) is 9.09. The van der Waals surface area contributed by atoms with Crippen molar-refractivity contribution < 1.29 is 22.7 Å². The van der Waals surface area contributed by atoms with Crippen LogP contribution in [0.15, 0.2) is 46.2 Å². The number of thioether (sulfide) groups is 1. The summed E-state index contributed by atoms with van der Waals surface area (Å²) in [5.41, 5.74) is 1.93. The Bertz CT molecular complexity index is 1080. The first kappa shape index (κ1) is 22.2. The number of benzene rings is 2. The molecule has 7 nitrogen and oxygen atoms in total. The molecule has 1 atom stereocenters. The minimum absolute atomic E-state index is 0.0811. The Morgan fingerprint density at radius 2 is 2.03 bits per heavy atom. The topological polar surface area (TPSA) is 102 Å². The number of sulfone groups is 1. The van der Waals surface area contributed by atoms with E-state index in [0.717, 1.165) is 10.5 Å². The molecule has 2 aromatic carbocycles. The van der Waals surface area contributed by atoms with E-state index in [1.807, 2.05) is 19.9 Å². The highest BCUT2D eigenvalue weighted by atomic mass is 32.2. The molecule has 0 saturated carbocycles. The zero-order chi connectivity index (χ0) is 21.9. The van der Waals surface area contributed by atoms with Crippen molar-refractivity contribution in [2.24, 2.45) is 5.92 Å². The van der Waals surface area contributed by atoms with Crippen molar-refractivity contribution in [1.82, 2.24) is 0 Å². The van der Waals surface area contributed by atoms with E-state index in [-0.39, 0.29) is 28.9 Å². The summed E-state index contributed by atoms with van der Waals surface area (Å²) in [6.45, 7) is 3.71. The molecule has 160 valence electrons. The average Bonchev–Trinajstić information content (AvgIpc) is 2.84. The SMILES string of the molecule is COc1ccc(C)cc1NC(=O)CCS(=O)(=O)c1ccc2c(c1)NC(=O)[C@H](C)CS2. The number of hydrogen-bond donors (Lipinski definition) is 2. The number of rotatable bonds is 6. The summed E-state index contributed by atoms with van der Waals surface area (Å²) in [6.07, 6.45) is -0.200. The normalized spacial score (nSPS) is 16.2. The van der Waals surface area contributed by atoms with Gasteiger partial charge in [0.25, 0.3) is 0 Å². The Kier molecular flexibility index (Phi) is 6.72. The third kappa shape index (κ3) is 5.14. The molecule has 0 spiro atoms. The van der Waals surface area contributed by atoms with E-state index in [1.54, 1.807) is 18.2 Å². The molecule has 1 aliphatic rings. The van der Waals surface area contributed by atoms with Crippen molar-refractivity contribution in [2.45, 2.75) is 30.1 Å². The zero-order valence-corrected chi connectivity index (χ0v) is 18.7. The monoisotopic (exact) mass is 448 g/mol. The fourth-order valence-electron chi connectivity index (χ4n) is 2.95. The summed E-state index contributed by atoms with van der Waals surface area (Å²) >= 11 is 1.51. The van der Waals surface area contributed by atoms with Gasteiger partial charge in [0.1, 0.15) is 5.75 Å². The standard InChI is InChI=1S/C21H24N2O5S2/c1-13-4-6-18(28-3)16(10-13)22-20(24)8-9-30(26,27)15-5-7-19-17(11-15)23-21(25)14(2)12-29-19/h4-7,10-11,14H,8-9,12H2,1-3H3,(H,22,24)(H,23,25)/t14-/m1/s1. The van der Waals surface area contributed by atoms with Crippen LogP contribution in [0.5, 0.6) is 5.75 Å². The summed E-state index contributed by atoms with van der Waals surface area (Å²) in [6, 6.07) is 10.0. The number of hydrogen-bond acceptors (Lipinski definition) is 6. The van der Waals surface area contributed by atoms with Crippen molar-refractivity contribution in [3.8, 4) is 5.75 Å². The molecule has 0 unspecified atom stereocenters. The van der Waals surface area contributed by atoms with Gasteiger partial charge in [-0.05, 0) is 42.8 Å². The maximum Gasteiger partial charge on any atom is 0.228 e. The summed E-state index contributed by atoms with van der Waals surface area (Å²) in [4.78, 5) is 25.3. The molecule has 30 heavy (non-hydrogen) atoms. The van der Waals surface area contributed by atoms with Crippen LogP contribution in [-0.2, 0) is 19.4 Å². The van der Waals surface area contributed by atoms with E-state index in [4.69, 9.17) is 4.74 Å². The molecular weight excluding hydrogens is 424 g/mol. The summed E-state index contributed by atoms with van der Waals surface area (Å²) < 4.78 is 30.7. The van der Waals surface area contributed by atoms with Gasteiger partial charge in [-0.25, -0.2) is 8.42 Å². The summed E-state index contributed by atoms with van der Waals surface area (Å²) in [5, 5.41) is 5.49. The van der Waals surface area contributed by atoms with E-state index in [9.17, 15) is 18.0 Å². The van der Waals surface area contributed by atoms with Crippen LogP contribution >= 0.6 is 11.8 Å². The predicted octanol–water partition coefficient (Wildman–Crippen LogP) is 3.49. The maximum atomic E-state index is 12.8. The van der Waals surface area contributed by atoms with Crippen LogP contribution < -0.4 is 15.4 Å². The van der Waals surface area contributed by atoms with Gasteiger partial charge in [-0.3, -0.25) is 9.59 Å². The maximum absolute atomic E-state index is 12.8. The molecule has 3 rings (SSSR count). The summed E-state index contributed by atoms with van der Waals surface area (Å²) in [5.74, 6) is 0.0727. The predicted molar refractivity (Wildman–Crippen MR) is 118 cm³/mol. The quantitative estimate of drug-likeness (QED) is 0.702. The van der Waals surface area contributed by atoms with Gasteiger partial charge in [-0.15, -0.1) is 11.8 Å². The highest BCUT2D eigenvalue weighted by molar-refractivity contribution is 7.99. The number of methoxy groups -OCH3 is 1. The minimum Gasteiger partial charge on any atom is -0.495 e. The van der Waals surface area contributed by atoms with Gasteiger partial charge in [0.05, 0.1) is 29.1 Å². The van der Waals surface area contributed by atoms with Crippen molar-refractivity contribution in [2.75, 3.05) is 29.2 Å². The zero-order valence-electron chi connectivity index (χ0n) is 17.0. The van der Waals surface area contributed by atoms with Crippen LogP contribution in [-0.4, -0.2) is 38.8 Å². The fraction of sp³-hybridized carbons (Fsp3) is 0.333. The van der Waals surface area contributed by atoms with E-state index in [0.29, 0.717) is 22.9 Å². The molecule has 0 radical (unpaired) electrons. The number of nitrogens with one attached hydrogen (secondary N) is 2. The van der Waals surface area contributed by atoms with Crippen LogP contribution in [0.1, 0.15) is 18.9 Å². The lowest BCUT2D eigenvalue weighted by Crippen LogP contribution is -2.20. The van der Waals surface area contributed by atoms with E-state index in [1.165, 1.54) is 31.0 Å². The van der Waals surface area contributed by atoms with Gasteiger partial charge in [-0.2, -0.15) is 0 Å². The van der Waals surface area contributed by atoms with Crippen molar-refractivity contribution in [1.29, 1.82) is 0 Å². The molecule has 9 heteroatoms. The Labute approximate surface area is 180 Å². The van der Waals surface area contributed by atoms with Crippen LogP contribution in [0, 0.1) is 12.8 Å². The molecule has 2 amide bonds. The van der Waals surface area contributed by atoms with Gasteiger partial charge in [0.2, 0.25) is 11.8 Å². The molecule has 0 bridgehead atoms. The number of aryl methyl sites for hydroxylation is 1. The molecule has 1 aliphatic heterocycles. The number of fused-ring (bicyclic) bond motifs is 1. The summed E-state index contributed by atoms with van der Waals surface area (Å²) in [7, 11) is -2.20. The van der Waals surface area contributed by atoms with Crippen LogP contribution in [0.2, 0.25) is 0 Å². The van der Waals surface area contributed by atoms with Crippen molar-refractivity contribution in [3.63, 3.8) is 0 Å². The number of ether oxygens (including phenoxy) is 1. The molecule has 0 saturated heterocycles.